The molecule has 3 aromatic rings. The predicted octanol–water partition coefficient (Wildman–Crippen LogP) is 4.24. The molecule has 0 aliphatic heterocycles. The number of rotatable bonds is 4. The molecule has 0 fully saturated rings. The summed E-state index contributed by atoms with van der Waals surface area (Å²) in [6.45, 7) is 0. The first-order chi connectivity index (χ1) is 11.1. The maximum absolute atomic E-state index is 10.8. The molecule has 0 spiro atoms. The number of aromatic nitrogens is 1. The average molecular weight is 327 g/mol. The quantitative estimate of drug-likeness (QED) is 0.441. The number of benzene rings is 2. The Morgan fingerprint density at radius 1 is 1.17 bits per heavy atom. The van der Waals surface area contributed by atoms with Gasteiger partial charge in [-0.1, -0.05) is 29.8 Å². The van der Waals surface area contributed by atoms with Gasteiger partial charge < -0.3 is 0 Å². The lowest BCUT2D eigenvalue weighted by Crippen LogP contribution is -1.95. The van der Waals surface area contributed by atoms with Gasteiger partial charge >= 0.3 is 0 Å². The number of hydrogen-bond acceptors (Lipinski definition) is 5. The predicted molar refractivity (Wildman–Crippen MR) is 91.1 cm³/mol. The minimum absolute atomic E-state index is 0.0420. The van der Waals surface area contributed by atoms with E-state index in [4.69, 9.17) is 11.6 Å². The molecule has 0 unspecified atom stereocenters. The highest BCUT2D eigenvalue weighted by Crippen LogP contribution is 2.20. The van der Waals surface area contributed by atoms with Crippen LogP contribution in [0.1, 0.15) is 5.56 Å². The summed E-state index contributed by atoms with van der Waals surface area (Å²) in [5.41, 5.74) is 4.05. The van der Waals surface area contributed by atoms with Gasteiger partial charge in [0.1, 0.15) is 5.82 Å². The van der Waals surface area contributed by atoms with Gasteiger partial charge in [0.25, 0.3) is 5.69 Å². The van der Waals surface area contributed by atoms with E-state index in [9.17, 15) is 10.1 Å². The minimum atomic E-state index is -0.480. The number of non-ortho nitro benzene ring substituents is 1. The number of hydrazone groups is 1. The third-order valence-corrected chi connectivity index (χ3v) is 3.52. The van der Waals surface area contributed by atoms with Crippen LogP contribution in [0.5, 0.6) is 0 Å². The van der Waals surface area contributed by atoms with Crippen LogP contribution in [0.4, 0.5) is 11.5 Å². The zero-order valence-corrected chi connectivity index (χ0v) is 12.6. The van der Waals surface area contributed by atoms with Crippen LogP contribution >= 0.6 is 11.6 Å². The van der Waals surface area contributed by atoms with Gasteiger partial charge in [-0.05, 0) is 24.3 Å². The molecular weight excluding hydrogens is 316 g/mol. The summed E-state index contributed by atoms with van der Waals surface area (Å²) in [5.74, 6) is 0.571. The molecule has 1 N–H and O–H groups in total. The first-order valence-electron chi connectivity index (χ1n) is 6.72. The zero-order chi connectivity index (χ0) is 16.2. The van der Waals surface area contributed by atoms with Crippen molar-refractivity contribution in [2.45, 2.75) is 0 Å². The number of nitro benzene ring substituents is 1. The lowest BCUT2D eigenvalue weighted by Gasteiger charge is -2.02. The Morgan fingerprint density at radius 3 is 2.83 bits per heavy atom. The van der Waals surface area contributed by atoms with E-state index < -0.39 is 4.92 Å². The smallest absolute Gasteiger partial charge is 0.261 e. The summed E-state index contributed by atoms with van der Waals surface area (Å²) in [6.07, 6.45) is 1.42. The van der Waals surface area contributed by atoms with Crippen molar-refractivity contribution in [2.24, 2.45) is 5.10 Å². The maximum atomic E-state index is 10.8. The molecule has 7 heteroatoms. The van der Waals surface area contributed by atoms with Gasteiger partial charge in [0.2, 0.25) is 0 Å². The molecule has 2 aromatic carbocycles. The van der Waals surface area contributed by atoms with E-state index in [1.54, 1.807) is 6.07 Å². The van der Waals surface area contributed by atoms with E-state index in [0.717, 1.165) is 10.9 Å². The number of nitrogens with one attached hydrogen (secondary N) is 1. The topological polar surface area (TPSA) is 80.4 Å². The molecule has 1 heterocycles. The lowest BCUT2D eigenvalue weighted by molar-refractivity contribution is -0.384. The first-order valence-corrected chi connectivity index (χ1v) is 7.10. The van der Waals surface area contributed by atoms with E-state index in [2.05, 4.69) is 15.5 Å². The molecule has 114 valence electrons. The molecule has 23 heavy (non-hydrogen) atoms. The van der Waals surface area contributed by atoms with Crippen molar-refractivity contribution in [2.75, 3.05) is 5.43 Å². The molecule has 0 aliphatic rings. The number of nitrogens with zero attached hydrogens (tertiary/aromatic N) is 3. The van der Waals surface area contributed by atoms with Crippen molar-refractivity contribution in [3.05, 3.63) is 75.3 Å². The van der Waals surface area contributed by atoms with Gasteiger partial charge in [0.15, 0.2) is 0 Å². The summed E-state index contributed by atoms with van der Waals surface area (Å²) >= 11 is 6.00. The van der Waals surface area contributed by atoms with Crippen molar-refractivity contribution in [1.82, 2.24) is 4.98 Å². The van der Waals surface area contributed by atoms with Crippen LogP contribution in [-0.2, 0) is 0 Å². The third-order valence-electron chi connectivity index (χ3n) is 3.17. The van der Waals surface area contributed by atoms with Crippen LogP contribution in [0, 0.1) is 10.1 Å². The molecule has 0 bridgehead atoms. The van der Waals surface area contributed by atoms with Gasteiger partial charge in [-0.15, -0.1) is 0 Å². The molecule has 0 saturated heterocycles. The molecule has 0 amide bonds. The zero-order valence-electron chi connectivity index (χ0n) is 11.8. The van der Waals surface area contributed by atoms with E-state index >= 15 is 0 Å². The minimum Gasteiger partial charge on any atom is -0.261 e. The van der Waals surface area contributed by atoms with Crippen LogP contribution < -0.4 is 5.43 Å². The lowest BCUT2D eigenvalue weighted by atomic mass is 10.2. The van der Waals surface area contributed by atoms with Gasteiger partial charge in [-0.2, -0.15) is 5.10 Å². The molecule has 0 saturated carbocycles. The van der Waals surface area contributed by atoms with E-state index in [0.29, 0.717) is 16.4 Å². The average Bonchev–Trinajstić information content (AvgIpc) is 2.56. The van der Waals surface area contributed by atoms with Crippen molar-refractivity contribution in [3.63, 3.8) is 0 Å². The van der Waals surface area contributed by atoms with Crippen LogP contribution in [-0.4, -0.2) is 16.1 Å². The molecule has 6 nitrogen and oxygen atoms in total. The SMILES string of the molecule is O=[N+]([O-])c1ccc(Cl)c(/C=N\Nc2ccc3ccccc3n2)c1. The Bertz CT molecular complexity index is 911. The van der Waals surface area contributed by atoms with E-state index in [-0.39, 0.29) is 5.69 Å². The number of pyridine rings is 1. The fraction of sp³-hybridized carbons (Fsp3) is 0. The number of anilines is 1. The first kappa shape index (κ1) is 14.9. The number of fused-ring (bicyclic) bond motifs is 1. The third kappa shape index (κ3) is 3.44. The van der Waals surface area contributed by atoms with E-state index in [1.165, 1.54) is 24.4 Å². The summed E-state index contributed by atoms with van der Waals surface area (Å²) in [7, 11) is 0. The van der Waals surface area contributed by atoms with Crippen LogP contribution in [0.15, 0.2) is 59.7 Å². The van der Waals surface area contributed by atoms with Gasteiger partial charge in [-0.25, -0.2) is 4.98 Å². The fourth-order valence-electron chi connectivity index (χ4n) is 2.04. The monoisotopic (exact) mass is 326 g/mol. The van der Waals surface area contributed by atoms with Gasteiger partial charge in [-0.3, -0.25) is 15.5 Å². The fourth-order valence-corrected chi connectivity index (χ4v) is 2.21. The Balaban J connectivity index is 1.80. The number of para-hydroxylation sites is 1. The summed E-state index contributed by atoms with van der Waals surface area (Å²) in [4.78, 5) is 14.7. The molecule has 0 atom stereocenters. The van der Waals surface area contributed by atoms with Crippen molar-refractivity contribution >= 4 is 40.2 Å². The highest BCUT2D eigenvalue weighted by molar-refractivity contribution is 6.33. The Hall–Kier alpha value is -2.99. The van der Waals surface area contributed by atoms with Crippen LogP contribution in [0.2, 0.25) is 5.02 Å². The van der Waals surface area contributed by atoms with Gasteiger partial charge in [0.05, 0.1) is 16.7 Å². The number of hydrogen-bond donors (Lipinski definition) is 1. The summed E-state index contributed by atoms with van der Waals surface area (Å²) in [5, 5.41) is 16.2. The van der Waals surface area contributed by atoms with Crippen molar-refractivity contribution in [1.29, 1.82) is 0 Å². The summed E-state index contributed by atoms with van der Waals surface area (Å²) < 4.78 is 0. The largest absolute Gasteiger partial charge is 0.270 e. The molecular formula is C16H11ClN4O2. The Kier molecular flexibility index (Phi) is 4.16. The number of nitro groups is 1. The molecule has 1 aromatic heterocycles. The molecule has 0 radical (unpaired) electrons. The number of halogens is 1. The highest BCUT2D eigenvalue weighted by atomic mass is 35.5. The Morgan fingerprint density at radius 2 is 2.00 bits per heavy atom. The second-order valence-electron chi connectivity index (χ2n) is 4.72. The maximum Gasteiger partial charge on any atom is 0.270 e. The molecule has 0 aliphatic carbocycles. The second kappa shape index (κ2) is 6.41. The molecule has 3 rings (SSSR count). The summed E-state index contributed by atoms with van der Waals surface area (Å²) in [6, 6.07) is 15.6. The van der Waals surface area contributed by atoms with Crippen LogP contribution in [0.3, 0.4) is 0 Å². The highest BCUT2D eigenvalue weighted by Gasteiger charge is 2.08. The normalized spacial score (nSPS) is 11.0. The van der Waals surface area contributed by atoms with Crippen molar-refractivity contribution < 1.29 is 4.92 Å². The van der Waals surface area contributed by atoms with Gasteiger partial charge in [0, 0.05) is 28.1 Å². The van der Waals surface area contributed by atoms with Crippen molar-refractivity contribution in [3.8, 4) is 0 Å². The van der Waals surface area contributed by atoms with E-state index in [1.807, 2.05) is 30.3 Å². The Labute approximate surface area is 136 Å². The standard InChI is InChI=1S/C16H11ClN4O2/c17-14-7-6-13(21(22)23)9-12(14)10-18-20-16-8-5-11-3-1-2-4-15(11)19-16/h1-10H,(H,19,20)/b18-10-. The second-order valence-corrected chi connectivity index (χ2v) is 5.13. The van der Waals surface area contributed by atoms with Crippen LogP contribution in [0.25, 0.3) is 10.9 Å².